The fraction of sp³-hybridized carbons (Fsp3) is 0.391. The van der Waals surface area contributed by atoms with E-state index in [9.17, 15) is 18.3 Å². The van der Waals surface area contributed by atoms with E-state index in [4.69, 9.17) is 14.7 Å². The molecule has 0 radical (unpaired) electrons. The van der Waals surface area contributed by atoms with Crippen LogP contribution in [-0.4, -0.2) is 80.7 Å². The highest BCUT2D eigenvalue weighted by Crippen LogP contribution is 2.19. The second-order valence-corrected chi connectivity index (χ2v) is 9.49. The van der Waals surface area contributed by atoms with Gasteiger partial charge in [0.05, 0.1) is 28.7 Å². The van der Waals surface area contributed by atoms with Crippen LogP contribution in [0.2, 0.25) is 0 Å². The number of hydrogen-bond acceptors (Lipinski definition) is 8. The highest BCUT2D eigenvalue weighted by molar-refractivity contribution is 7.89. The molecule has 0 saturated carbocycles. The first-order chi connectivity index (χ1) is 15.8. The lowest BCUT2D eigenvalue weighted by Gasteiger charge is -2.34. The maximum absolute atomic E-state index is 12.9. The van der Waals surface area contributed by atoms with E-state index in [1.54, 1.807) is 31.2 Å². The summed E-state index contributed by atoms with van der Waals surface area (Å²) in [5, 5.41) is 19.1. The highest BCUT2D eigenvalue weighted by atomic mass is 32.2. The molecule has 9 nitrogen and oxygen atoms in total. The number of hydrogen-bond donors (Lipinski definition) is 1. The fourth-order valence-electron chi connectivity index (χ4n) is 3.45. The molecule has 0 spiro atoms. The van der Waals surface area contributed by atoms with Gasteiger partial charge in [0.2, 0.25) is 10.0 Å². The van der Waals surface area contributed by atoms with Crippen molar-refractivity contribution in [2.24, 2.45) is 0 Å². The summed E-state index contributed by atoms with van der Waals surface area (Å²) in [6.07, 6.45) is -0.737. The van der Waals surface area contributed by atoms with Gasteiger partial charge in [0.15, 0.2) is 0 Å². The number of aliphatic hydroxyl groups excluding tert-OH is 1. The van der Waals surface area contributed by atoms with Gasteiger partial charge in [0.1, 0.15) is 18.5 Å². The molecule has 10 heteroatoms. The number of carbonyl (C=O) groups is 1. The number of esters is 1. The maximum atomic E-state index is 12.9. The molecule has 1 atom stereocenters. The molecule has 0 unspecified atom stereocenters. The summed E-state index contributed by atoms with van der Waals surface area (Å²) in [4.78, 5) is 13.9. The first-order valence-corrected chi connectivity index (χ1v) is 12.1. The van der Waals surface area contributed by atoms with E-state index in [1.807, 2.05) is 11.0 Å². The average molecular weight is 474 g/mol. The Kier molecular flexibility index (Phi) is 8.41. The zero-order valence-electron chi connectivity index (χ0n) is 18.4. The predicted molar refractivity (Wildman–Crippen MR) is 120 cm³/mol. The van der Waals surface area contributed by atoms with Gasteiger partial charge in [0.25, 0.3) is 0 Å². The maximum Gasteiger partial charge on any atom is 0.338 e. The number of sulfonamides is 1. The van der Waals surface area contributed by atoms with Crippen LogP contribution in [0, 0.1) is 11.3 Å². The third kappa shape index (κ3) is 6.52. The number of nitrogens with zero attached hydrogens (tertiary/aromatic N) is 3. The number of rotatable bonds is 9. The first-order valence-electron chi connectivity index (χ1n) is 10.6. The van der Waals surface area contributed by atoms with E-state index in [2.05, 4.69) is 0 Å². The van der Waals surface area contributed by atoms with Crippen molar-refractivity contribution in [3.8, 4) is 11.8 Å². The van der Waals surface area contributed by atoms with Gasteiger partial charge >= 0.3 is 5.97 Å². The smallest absolute Gasteiger partial charge is 0.338 e. The summed E-state index contributed by atoms with van der Waals surface area (Å²) >= 11 is 0. The molecule has 3 rings (SSSR count). The molecule has 1 aliphatic heterocycles. The van der Waals surface area contributed by atoms with Crippen molar-refractivity contribution in [3.05, 3.63) is 59.7 Å². The number of benzene rings is 2. The number of carbonyl (C=O) groups excluding carboxylic acids is 1. The van der Waals surface area contributed by atoms with E-state index in [-0.39, 0.29) is 18.1 Å². The van der Waals surface area contributed by atoms with Crippen LogP contribution < -0.4 is 4.74 Å². The van der Waals surface area contributed by atoms with Crippen molar-refractivity contribution in [1.82, 2.24) is 9.21 Å². The van der Waals surface area contributed by atoms with Crippen LogP contribution in [0.4, 0.5) is 0 Å². The minimum absolute atomic E-state index is 0.0945. The van der Waals surface area contributed by atoms with Crippen LogP contribution in [-0.2, 0) is 14.8 Å². The summed E-state index contributed by atoms with van der Waals surface area (Å²) in [5.41, 5.74) is 0.837. The Morgan fingerprint density at radius 3 is 2.30 bits per heavy atom. The molecule has 0 aliphatic carbocycles. The first kappa shape index (κ1) is 24.7. The monoisotopic (exact) mass is 473 g/mol. The highest BCUT2D eigenvalue weighted by Gasteiger charge is 2.29. The van der Waals surface area contributed by atoms with Gasteiger partial charge in [-0.25, -0.2) is 13.2 Å². The lowest BCUT2D eigenvalue weighted by atomic mass is 10.2. The minimum Gasteiger partial charge on any atom is -0.491 e. The van der Waals surface area contributed by atoms with E-state index >= 15 is 0 Å². The second kappa shape index (κ2) is 11.2. The molecule has 1 fully saturated rings. The molecule has 2 aromatic carbocycles. The van der Waals surface area contributed by atoms with Crippen LogP contribution in [0.3, 0.4) is 0 Å². The van der Waals surface area contributed by atoms with E-state index in [1.165, 1.54) is 28.6 Å². The summed E-state index contributed by atoms with van der Waals surface area (Å²) in [7, 11) is -3.68. The molecule has 0 amide bonds. The molecule has 33 heavy (non-hydrogen) atoms. The summed E-state index contributed by atoms with van der Waals surface area (Å²) in [6, 6.07) is 14.4. The van der Waals surface area contributed by atoms with Gasteiger partial charge in [-0.2, -0.15) is 9.57 Å². The Bertz CT molecular complexity index is 1070. The standard InChI is InChI=1S/C23H27N3O6S/c1-2-31-23(28)19-5-9-22(10-6-19)33(29,30)26-13-11-25(12-14-26)16-20(27)17-32-21-7-3-18(15-24)4-8-21/h3-10,20,27H,2,11-14,16-17H2,1H3/t20-/m1/s1. The van der Waals surface area contributed by atoms with E-state index in [0.29, 0.717) is 49.6 Å². The van der Waals surface area contributed by atoms with Gasteiger partial charge in [-0.1, -0.05) is 0 Å². The molecule has 0 bridgehead atoms. The van der Waals surface area contributed by atoms with Crippen molar-refractivity contribution < 1.29 is 27.8 Å². The van der Waals surface area contributed by atoms with Crippen molar-refractivity contribution in [2.75, 3.05) is 45.9 Å². The van der Waals surface area contributed by atoms with Gasteiger partial charge in [0, 0.05) is 32.7 Å². The molecule has 2 aromatic rings. The topological polar surface area (TPSA) is 120 Å². The minimum atomic E-state index is -3.68. The Morgan fingerprint density at radius 2 is 1.73 bits per heavy atom. The number of piperazine rings is 1. The largest absolute Gasteiger partial charge is 0.491 e. The second-order valence-electron chi connectivity index (χ2n) is 7.55. The molecule has 176 valence electrons. The van der Waals surface area contributed by atoms with Crippen molar-refractivity contribution >= 4 is 16.0 Å². The van der Waals surface area contributed by atoms with Crippen LogP contribution >= 0.6 is 0 Å². The fourth-order valence-corrected chi connectivity index (χ4v) is 4.87. The summed E-state index contributed by atoms with van der Waals surface area (Å²) in [5.74, 6) is 0.0784. The third-order valence-electron chi connectivity index (χ3n) is 5.23. The Hall–Kier alpha value is -2.97. The third-order valence-corrected chi connectivity index (χ3v) is 7.14. The lowest BCUT2D eigenvalue weighted by Crippen LogP contribution is -2.50. The Morgan fingerprint density at radius 1 is 1.09 bits per heavy atom. The number of β-amino-alcohol motifs (C(OH)–C–C–N with tert-alkyl or cyclic N) is 1. The molecule has 1 N–H and O–H groups in total. The molecular formula is C23H27N3O6S. The van der Waals surface area contributed by atoms with Gasteiger partial charge in [-0.05, 0) is 55.5 Å². The van der Waals surface area contributed by atoms with Crippen molar-refractivity contribution in [3.63, 3.8) is 0 Å². The van der Waals surface area contributed by atoms with Gasteiger partial charge in [-0.3, -0.25) is 4.90 Å². The summed E-state index contributed by atoms with van der Waals surface area (Å²) < 4.78 is 37.7. The molecular weight excluding hydrogens is 446 g/mol. The van der Waals surface area contributed by atoms with Crippen LogP contribution in [0.15, 0.2) is 53.4 Å². The van der Waals surface area contributed by atoms with Gasteiger partial charge in [-0.15, -0.1) is 0 Å². The number of nitriles is 1. The Balaban J connectivity index is 1.48. The zero-order valence-corrected chi connectivity index (χ0v) is 19.2. The number of ether oxygens (including phenoxy) is 2. The lowest BCUT2D eigenvalue weighted by molar-refractivity contribution is 0.0525. The van der Waals surface area contributed by atoms with Crippen LogP contribution in [0.25, 0.3) is 0 Å². The predicted octanol–water partition coefficient (Wildman–Crippen LogP) is 1.48. The SMILES string of the molecule is CCOC(=O)c1ccc(S(=O)(=O)N2CCN(C[C@@H](O)COc3ccc(C#N)cc3)CC2)cc1. The van der Waals surface area contributed by atoms with Crippen molar-refractivity contribution in [1.29, 1.82) is 5.26 Å². The molecule has 1 heterocycles. The molecule has 1 saturated heterocycles. The van der Waals surface area contributed by atoms with Crippen LogP contribution in [0.5, 0.6) is 5.75 Å². The van der Waals surface area contributed by atoms with Crippen molar-refractivity contribution in [2.45, 2.75) is 17.9 Å². The molecule has 1 aliphatic rings. The number of aliphatic hydroxyl groups is 1. The van der Waals surface area contributed by atoms with E-state index in [0.717, 1.165) is 0 Å². The van der Waals surface area contributed by atoms with Crippen LogP contribution in [0.1, 0.15) is 22.8 Å². The normalized spacial score (nSPS) is 16.0. The zero-order chi connectivity index (χ0) is 23.8. The molecule has 0 aromatic heterocycles. The van der Waals surface area contributed by atoms with E-state index < -0.39 is 22.1 Å². The quantitative estimate of drug-likeness (QED) is 0.544. The Labute approximate surface area is 193 Å². The average Bonchev–Trinajstić information content (AvgIpc) is 2.83. The van der Waals surface area contributed by atoms with Gasteiger partial charge < -0.3 is 14.6 Å². The summed E-state index contributed by atoms with van der Waals surface area (Å²) in [6.45, 7) is 3.96.